The second kappa shape index (κ2) is 4.52. The molecule has 1 aliphatic carbocycles. The summed E-state index contributed by atoms with van der Waals surface area (Å²) < 4.78 is 22.6. The van der Waals surface area contributed by atoms with Crippen molar-refractivity contribution >= 4 is 9.84 Å². The highest BCUT2D eigenvalue weighted by atomic mass is 32.2. The van der Waals surface area contributed by atoms with E-state index >= 15 is 0 Å². The van der Waals surface area contributed by atoms with Crippen LogP contribution in [0.1, 0.15) is 26.7 Å². The number of hydrogen-bond acceptors (Lipinski definition) is 4. The van der Waals surface area contributed by atoms with Gasteiger partial charge in [-0.1, -0.05) is 13.8 Å². The molecule has 0 spiro atoms. The van der Waals surface area contributed by atoms with Gasteiger partial charge in [0.05, 0.1) is 17.1 Å². The lowest BCUT2D eigenvalue weighted by Crippen LogP contribution is -2.55. The van der Waals surface area contributed by atoms with Gasteiger partial charge in [0.2, 0.25) is 0 Å². The van der Waals surface area contributed by atoms with E-state index in [4.69, 9.17) is 0 Å². The summed E-state index contributed by atoms with van der Waals surface area (Å²) in [6.45, 7) is 6.19. The minimum Gasteiger partial charge on any atom is -0.389 e. The van der Waals surface area contributed by atoms with Gasteiger partial charge in [0, 0.05) is 19.6 Å². The van der Waals surface area contributed by atoms with Gasteiger partial charge in [-0.25, -0.2) is 8.42 Å². The van der Waals surface area contributed by atoms with Gasteiger partial charge in [-0.15, -0.1) is 0 Å². The highest BCUT2D eigenvalue weighted by Crippen LogP contribution is 2.42. The number of β-amino-alcohol motifs (C(OH)–C–C–N with tert-alkyl or cyclic N) is 1. The average Bonchev–Trinajstić information content (AvgIpc) is 2.17. The first-order chi connectivity index (χ1) is 7.80. The maximum absolute atomic E-state index is 11.3. The third kappa shape index (κ3) is 3.20. The van der Waals surface area contributed by atoms with Crippen molar-refractivity contribution in [3.8, 4) is 0 Å². The summed E-state index contributed by atoms with van der Waals surface area (Å²) in [5.74, 6) is 1.76. The second-order valence-corrected chi connectivity index (χ2v) is 8.37. The number of hydrogen-bond donors (Lipinski definition) is 1. The molecule has 1 heterocycles. The molecule has 17 heavy (non-hydrogen) atoms. The van der Waals surface area contributed by atoms with Gasteiger partial charge in [0.1, 0.15) is 0 Å². The van der Waals surface area contributed by atoms with Gasteiger partial charge in [-0.05, 0) is 24.7 Å². The van der Waals surface area contributed by atoms with Crippen molar-refractivity contribution in [2.24, 2.45) is 11.8 Å². The molecule has 0 unspecified atom stereocenters. The van der Waals surface area contributed by atoms with E-state index in [1.165, 1.54) is 0 Å². The fourth-order valence-electron chi connectivity index (χ4n) is 2.84. The fourth-order valence-corrected chi connectivity index (χ4v) is 4.12. The van der Waals surface area contributed by atoms with Crippen LogP contribution in [0.4, 0.5) is 0 Å². The van der Waals surface area contributed by atoms with Crippen molar-refractivity contribution in [3.63, 3.8) is 0 Å². The smallest absolute Gasteiger partial charge is 0.152 e. The van der Waals surface area contributed by atoms with Crippen molar-refractivity contribution in [3.05, 3.63) is 0 Å². The molecule has 2 fully saturated rings. The Morgan fingerprint density at radius 3 is 2.29 bits per heavy atom. The van der Waals surface area contributed by atoms with Crippen LogP contribution < -0.4 is 0 Å². The normalized spacial score (nSPS) is 38.0. The Bertz CT molecular complexity index is 357. The summed E-state index contributed by atoms with van der Waals surface area (Å²) >= 11 is 0. The predicted molar refractivity (Wildman–Crippen MR) is 67.6 cm³/mol. The standard InChI is InChI=1S/C12H23NO3S/c1-10(2)11-7-12(14,8-11)9-13-3-5-17(15,16)6-4-13/h10-11,14H,3-9H2,1-2H3/t11-,12-. The fraction of sp³-hybridized carbons (Fsp3) is 1.00. The lowest BCUT2D eigenvalue weighted by Gasteiger charge is -2.48. The molecule has 1 saturated heterocycles. The Hall–Kier alpha value is -0.130. The molecule has 2 aliphatic rings. The zero-order valence-electron chi connectivity index (χ0n) is 10.7. The van der Waals surface area contributed by atoms with Crippen LogP contribution in [-0.4, -0.2) is 55.2 Å². The van der Waals surface area contributed by atoms with Gasteiger partial charge in [0.15, 0.2) is 9.84 Å². The van der Waals surface area contributed by atoms with Crippen LogP contribution in [0.5, 0.6) is 0 Å². The Morgan fingerprint density at radius 2 is 1.82 bits per heavy atom. The van der Waals surface area contributed by atoms with Crippen molar-refractivity contribution in [1.82, 2.24) is 4.90 Å². The van der Waals surface area contributed by atoms with E-state index in [1.807, 2.05) is 0 Å². The third-order valence-corrected chi connectivity index (χ3v) is 5.79. The van der Waals surface area contributed by atoms with Crippen LogP contribution in [0, 0.1) is 11.8 Å². The molecule has 1 saturated carbocycles. The number of rotatable bonds is 3. The summed E-state index contributed by atoms with van der Waals surface area (Å²) in [6.07, 6.45) is 1.74. The van der Waals surface area contributed by atoms with E-state index in [-0.39, 0.29) is 11.5 Å². The van der Waals surface area contributed by atoms with Crippen LogP contribution in [0.2, 0.25) is 0 Å². The number of aliphatic hydroxyl groups is 1. The van der Waals surface area contributed by atoms with E-state index < -0.39 is 15.4 Å². The van der Waals surface area contributed by atoms with Gasteiger partial charge in [0.25, 0.3) is 0 Å². The molecule has 5 heteroatoms. The largest absolute Gasteiger partial charge is 0.389 e. The van der Waals surface area contributed by atoms with E-state index in [2.05, 4.69) is 18.7 Å². The first-order valence-electron chi connectivity index (χ1n) is 6.45. The Balaban J connectivity index is 1.80. The maximum Gasteiger partial charge on any atom is 0.152 e. The van der Waals surface area contributed by atoms with Crippen molar-refractivity contribution < 1.29 is 13.5 Å². The van der Waals surface area contributed by atoms with Crippen LogP contribution in [0.25, 0.3) is 0 Å². The molecule has 0 amide bonds. The summed E-state index contributed by atoms with van der Waals surface area (Å²) in [4.78, 5) is 2.09. The highest BCUT2D eigenvalue weighted by molar-refractivity contribution is 7.91. The summed E-state index contributed by atoms with van der Waals surface area (Å²) in [7, 11) is -2.81. The van der Waals surface area contributed by atoms with E-state index in [9.17, 15) is 13.5 Å². The molecule has 0 aromatic rings. The minimum atomic E-state index is -2.81. The molecule has 0 aromatic heterocycles. The molecule has 0 aromatic carbocycles. The Labute approximate surface area is 104 Å². The quantitative estimate of drug-likeness (QED) is 0.804. The zero-order valence-corrected chi connectivity index (χ0v) is 11.5. The van der Waals surface area contributed by atoms with Gasteiger partial charge < -0.3 is 5.11 Å². The second-order valence-electron chi connectivity index (χ2n) is 6.06. The van der Waals surface area contributed by atoms with Gasteiger partial charge >= 0.3 is 0 Å². The van der Waals surface area contributed by atoms with Crippen LogP contribution >= 0.6 is 0 Å². The van der Waals surface area contributed by atoms with E-state index in [1.54, 1.807) is 0 Å². The first kappa shape index (κ1) is 13.3. The topological polar surface area (TPSA) is 57.6 Å². The van der Waals surface area contributed by atoms with Crippen molar-refractivity contribution in [1.29, 1.82) is 0 Å². The van der Waals surface area contributed by atoms with E-state index in [0.717, 1.165) is 12.8 Å². The summed E-state index contributed by atoms with van der Waals surface area (Å²) in [5, 5.41) is 10.3. The molecule has 1 aliphatic heterocycles. The van der Waals surface area contributed by atoms with E-state index in [0.29, 0.717) is 31.5 Å². The average molecular weight is 261 g/mol. The number of sulfone groups is 1. The van der Waals surface area contributed by atoms with Crippen LogP contribution in [-0.2, 0) is 9.84 Å². The molecule has 0 radical (unpaired) electrons. The third-order valence-electron chi connectivity index (χ3n) is 4.18. The Kier molecular flexibility index (Phi) is 3.54. The lowest BCUT2D eigenvalue weighted by atomic mass is 9.66. The lowest BCUT2D eigenvalue weighted by molar-refractivity contribution is -0.104. The molecule has 100 valence electrons. The maximum atomic E-state index is 11.3. The molecular formula is C12H23NO3S. The molecule has 0 bridgehead atoms. The zero-order chi connectivity index (χ0) is 12.7. The SMILES string of the molecule is CC(C)[C@H]1C[C@@](O)(CN2CCS(=O)(=O)CC2)C1. The molecule has 1 N–H and O–H groups in total. The van der Waals surface area contributed by atoms with Crippen LogP contribution in [0.3, 0.4) is 0 Å². The minimum absolute atomic E-state index is 0.247. The highest BCUT2D eigenvalue weighted by Gasteiger charge is 2.45. The monoisotopic (exact) mass is 261 g/mol. The molecule has 0 atom stereocenters. The summed E-state index contributed by atoms with van der Waals surface area (Å²) in [6, 6.07) is 0. The predicted octanol–water partition coefficient (Wildman–Crippen LogP) is 0.514. The van der Waals surface area contributed by atoms with Crippen molar-refractivity contribution in [2.45, 2.75) is 32.3 Å². The van der Waals surface area contributed by atoms with Crippen LogP contribution in [0.15, 0.2) is 0 Å². The molecule has 2 rings (SSSR count). The number of nitrogens with zero attached hydrogens (tertiary/aromatic N) is 1. The Morgan fingerprint density at radius 1 is 1.29 bits per heavy atom. The first-order valence-corrected chi connectivity index (χ1v) is 8.27. The van der Waals surface area contributed by atoms with Gasteiger partial charge in [-0.3, -0.25) is 4.90 Å². The van der Waals surface area contributed by atoms with Crippen molar-refractivity contribution in [2.75, 3.05) is 31.1 Å². The summed E-state index contributed by atoms with van der Waals surface area (Å²) in [5.41, 5.74) is -0.559. The molecular weight excluding hydrogens is 238 g/mol. The van der Waals surface area contributed by atoms with Gasteiger partial charge in [-0.2, -0.15) is 0 Å². The molecule has 4 nitrogen and oxygen atoms in total.